The van der Waals surface area contributed by atoms with Gasteiger partial charge in [-0.05, 0) is 38.1 Å². The molecule has 2 aliphatic heterocycles. The van der Waals surface area contributed by atoms with E-state index in [4.69, 9.17) is 0 Å². The zero-order valence-corrected chi connectivity index (χ0v) is 15.4. The number of hydrogen-bond acceptors (Lipinski definition) is 4. The molecule has 8 heteroatoms. The normalized spacial score (nSPS) is 26.8. The number of carbonyl (C=O) groups is 1. The predicted octanol–water partition coefficient (Wildman–Crippen LogP) is 1.14. The SMILES string of the molecule is CN1CC[C@]2(CCC1=O)CN(S(=O)(=O)c1cccc(F)c1)CCN2C. The summed E-state index contributed by atoms with van der Waals surface area (Å²) >= 11 is 0. The number of benzene rings is 1. The standard InChI is InChI=1S/C17H24FN3O3S/c1-19-9-8-17(7-6-16(19)22)13-21(11-10-20(17)2)25(23,24)15-5-3-4-14(18)12-15/h3-5,12H,6-11,13H2,1-2H3/t17-/m1/s1. The lowest BCUT2D eigenvalue weighted by atomic mass is 9.87. The maximum absolute atomic E-state index is 13.5. The summed E-state index contributed by atoms with van der Waals surface area (Å²) in [4.78, 5) is 15.9. The Morgan fingerprint density at radius 2 is 1.88 bits per heavy atom. The first kappa shape index (κ1) is 18.3. The zero-order chi connectivity index (χ0) is 18.2. The van der Waals surface area contributed by atoms with Gasteiger partial charge in [0.15, 0.2) is 0 Å². The molecule has 0 bridgehead atoms. The third kappa shape index (κ3) is 3.43. The van der Waals surface area contributed by atoms with Gasteiger partial charge in [0.25, 0.3) is 0 Å². The van der Waals surface area contributed by atoms with Crippen LogP contribution in [0.25, 0.3) is 0 Å². The lowest BCUT2D eigenvalue weighted by molar-refractivity contribution is -0.129. The van der Waals surface area contributed by atoms with Gasteiger partial charge >= 0.3 is 0 Å². The number of rotatable bonds is 2. The van der Waals surface area contributed by atoms with Crippen molar-refractivity contribution in [1.82, 2.24) is 14.1 Å². The van der Waals surface area contributed by atoms with Crippen molar-refractivity contribution >= 4 is 15.9 Å². The summed E-state index contributed by atoms with van der Waals surface area (Å²) in [6, 6.07) is 5.13. The van der Waals surface area contributed by atoms with Crippen molar-refractivity contribution in [2.75, 3.05) is 40.3 Å². The monoisotopic (exact) mass is 369 g/mol. The summed E-state index contributed by atoms with van der Waals surface area (Å²) in [5.41, 5.74) is -0.362. The maximum atomic E-state index is 13.5. The number of likely N-dealkylation sites (tertiary alicyclic amines) is 1. The molecule has 0 aromatic heterocycles. The Hall–Kier alpha value is -1.51. The van der Waals surface area contributed by atoms with Gasteiger partial charge in [0.1, 0.15) is 5.82 Å². The molecular weight excluding hydrogens is 345 g/mol. The van der Waals surface area contributed by atoms with Crippen LogP contribution >= 0.6 is 0 Å². The van der Waals surface area contributed by atoms with Crippen LogP contribution in [-0.4, -0.2) is 74.2 Å². The quantitative estimate of drug-likeness (QED) is 0.785. The predicted molar refractivity (Wildman–Crippen MR) is 92.0 cm³/mol. The van der Waals surface area contributed by atoms with Gasteiger partial charge in [-0.25, -0.2) is 12.8 Å². The highest BCUT2D eigenvalue weighted by atomic mass is 32.2. The van der Waals surface area contributed by atoms with Crippen molar-refractivity contribution in [2.45, 2.75) is 29.7 Å². The van der Waals surface area contributed by atoms with Crippen molar-refractivity contribution in [3.63, 3.8) is 0 Å². The molecule has 2 saturated heterocycles. The van der Waals surface area contributed by atoms with Crippen LogP contribution in [0.15, 0.2) is 29.2 Å². The van der Waals surface area contributed by atoms with E-state index >= 15 is 0 Å². The van der Waals surface area contributed by atoms with Crippen molar-refractivity contribution in [3.05, 3.63) is 30.1 Å². The summed E-state index contributed by atoms with van der Waals surface area (Å²) < 4.78 is 40.8. The number of amides is 1. The fraction of sp³-hybridized carbons (Fsp3) is 0.588. The second-order valence-electron chi connectivity index (χ2n) is 7.01. The van der Waals surface area contributed by atoms with Crippen molar-refractivity contribution in [1.29, 1.82) is 0 Å². The highest BCUT2D eigenvalue weighted by molar-refractivity contribution is 7.89. The van der Waals surface area contributed by atoms with E-state index in [9.17, 15) is 17.6 Å². The molecule has 25 heavy (non-hydrogen) atoms. The van der Waals surface area contributed by atoms with Crippen LogP contribution in [0.3, 0.4) is 0 Å². The Morgan fingerprint density at radius 3 is 2.60 bits per heavy atom. The smallest absolute Gasteiger partial charge is 0.243 e. The average molecular weight is 369 g/mol. The third-order valence-corrected chi connectivity index (χ3v) is 7.38. The highest BCUT2D eigenvalue weighted by Gasteiger charge is 2.44. The van der Waals surface area contributed by atoms with Crippen LogP contribution < -0.4 is 0 Å². The molecule has 0 aliphatic carbocycles. The molecule has 0 unspecified atom stereocenters. The maximum Gasteiger partial charge on any atom is 0.243 e. The molecule has 1 spiro atoms. The van der Waals surface area contributed by atoms with Gasteiger partial charge in [-0.3, -0.25) is 9.69 Å². The molecule has 1 amide bonds. The Balaban J connectivity index is 1.88. The first-order chi connectivity index (χ1) is 11.7. The van der Waals surface area contributed by atoms with E-state index in [0.29, 0.717) is 39.0 Å². The summed E-state index contributed by atoms with van der Waals surface area (Å²) in [5.74, 6) is -0.470. The van der Waals surface area contributed by atoms with Gasteiger partial charge in [-0.1, -0.05) is 6.07 Å². The largest absolute Gasteiger partial charge is 0.346 e. The lowest BCUT2D eigenvalue weighted by Gasteiger charge is -2.48. The van der Waals surface area contributed by atoms with Gasteiger partial charge in [-0.2, -0.15) is 4.31 Å². The fourth-order valence-electron chi connectivity index (χ4n) is 3.70. The number of sulfonamides is 1. The minimum atomic E-state index is -3.75. The van der Waals surface area contributed by atoms with Crippen molar-refractivity contribution < 1.29 is 17.6 Å². The molecule has 3 rings (SSSR count). The minimum absolute atomic E-state index is 0.0194. The first-order valence-corrected chi connectivity index (χ1v) is 9.90. The summed E-state index contributed by atoms with van der Waals surface area (Å²) in [7, 11) is 0.0171. The Kier molecular flexibility index (Phi) is 4.87. The summed E-state index contributed by atoms with van der Waals surface area (Å²) in [6.07, 6.45) is 1.76. The van der Waals surface area contributed by atoms with Crippen LogP contribution in [0.5, 0.6) is 0 Å². The lowest BCUT2D eigenvalue weighted by Crippen LogP contribution is -2.62. The van der Waals surface area contributed by atoms with E-state index in [0.717, 1.165) is 12.5 Å². The molecule has 138 valence electrons. The van der Waals surface area contributed by atoms with Gasteiger partial charge < -0.3 is 4.90 Å². The van der Waals surface area contributed by atoms with E-state index in [1.165, 1.54) is 22.5 Å². The molecule has 1 atom stereocenters. The molecule has 2 aliphatic rings. The average Bonchev–Trinajstić information content (AvgIpc) is 2.72. The Morgan fingerprint density at radius 1 is 1.12 bits per heavy atom. The number of nitrogens with zero attached hydrogens (tertiary/aromatic N) is 3. The van der Waals surface area contributed by atoms with Crippen LogP contribution in [-0.2, 0) is 14.8 Å². The number of hydrogen-bond donors (Lipinski definition) is 0. The summed E-state index contributed by atoms with van der Waals surface area (Å²) in [6.45, 7) is 1.88. The molecule has 0 N–H and O–H groups in total. The molecular formula is C17H24FN3O3S. The molecule has 0 saturated carbocycles. The van der Waals surface area contributed by atoms with Gasteiger partial charge in [0.05, 0.1) is 4.90 Å². The third-order valence-electron chi connectivity index (χ3n) is 5.54. The van der Waals surface area contributed by atoms with E-state index < -0.39 is 15.8 Å². The van der Waals surface area contributed by atoms with Gasteiger partial charge in [0, 0.05) is 45.2 Å². The Labute approximate surface area is 148 Å². The first-order valence-electron chi connectivity index (χ1n) is 8.46. The number of likely N-dealkylation sites (N-methyl/N-ethyl adjacent to an activating group) is 1. The second-order valence-corrected chi connectivity index (χ2v) is 8.95. The van der Waals surface area contributed by atoms with E-state index in [1.807, 2.05) is 7.05 Å². The molecule has 2 heterocycles. The van der Waals surface area contributed by atoms with Crippen LogP contribution in [0, 0.1) is 5.82 Å². The van der Waals surface area contributed by atoms with Crippen molar-refractivity contribution in [3.8, 4) is 0 Å². The molecule has 1 aromatic carbocycles. The van der Waals surface area contributed by atoms with Gasteiger partial charge in [0.2, 0.25) is 15.9 Å². The topological polar surface area (TPSA) is 60.9 Å². The fourth-order valence-corrected chi connectivity index (χ4v) is 5.25. The number of halogens is 1. The molecule has 0 radical (unpaired) electrons. The van der Waals surface area contributed by atoms with Crippen LogP contribution in [0.4, 0.5) is 4.39 Å². The molecule has 6 nitrogen and oxygen atoms in total. The van der Waals surface area contributed by atoms with E-state index in [1.54, 1.807) is 11.9 Å². The minimum Gasteiger partial charge on any atom is -0.346 e. The van der Waals surface area contributed by atoms with E-state index in [-0.39, 0.29) is 16.3 Å². The van der Waals surface area contributed by atoms with Gasteiger partial charge in [-0.15, -0.1) is 0 Å². The van der Waals surface area contributed by atoms with Crippen LogP contribution in [0.1, 0.15) is 19.3 Å². The second kappa shape index (κ2) is 6.66. The van der Waals surface area contributed by atoms with E-state index in [2.05, 4.69) is 4.90 Å². The molecule has 2 fully saturated rings. The Bertz CT molecular complexity index is 770. The molecule has 1 aromatic rings. The highest BCUT2D eigenvalue weighted by Crippen LogP contribution is 2.34. The number of piperazine rings is 1. The number of carbonyl (C=O) groups excluding carboxylic acids is 1. The van der Waals surface area contributed by atoms with Crippen molar-refractivity contribution in [2.24, 2.45) is 0 Å². The summed E-state index contributed by atoms with van der Waals surface area (Å²) in [5, 5.41) is 0. The van der Waals surface area contributed by atoms with Crippen LogP contribution in [0.2, 0.25) is 0 Å². The zero-order valence-electron chi connectivity index (χ0n) is 14.6.